The van der Waals surface area contributed by atoms with Gasteiger partial charge in [0.2, 0.25) is 0 Å². The minimum Gasteiger partial charge on any atom is -0.454 e. The number of ether oxygens (including phenoxy) is 1. The molecule has 152 valence electrons. The first kappa shape index (κ1) is 19.5. The highest BCUT2D eigenvalue weighted by Crippen LogP contribution is 2.38. The number of H-pyrrole nitrogens is 1. The zero-order chi connectivity index (χ0) is 21.1. The van der Waals surface area contributed by atoms with Crippen LogP contribution in [0.25, 0.3) is 11.3 Å². The first-order valence-electron chi connectivity index (χ1n) is 8.63. The number of aromatic amines is 1. The standard InChI is InChI=1S/C20H14F2N4O3S/c21-13-6-9-18(23-12-13)26-30(27,28)17-8-7-15(16-10-11-24-25-16)20(19(17)22)29-14-4-2-1-3-5-14/h1-12H,(H,23,26)(H,24,25). The van der Waals surface area contributed by atoms with Crippen molar-refractivity contribution < 1.29 is 21.9 Å². The van der Waals surface area contributed by atoms with E-state index in [2.05, 4.69) is 19.9 Å². The molecule has 0 spiro atoms. The maximum atomic E-state index is 15.4. The van der Waals surface area contributed by atoms with E-state index in [0.717, 1.165) is 24.4 Å². The van der Waals surface area contributed by atoms with Gasteiger partial charge in [0, 0.05) is 11.8 Å². The van der Waals surface area contributed by atoms with E-state index in [1.54, 1.807) is 36.4 Å². The summed E-state index contributed by atoms with van der Waals surface area (Å²) in [5, 5.41) is 6.54. The van der Waals surface area contributed by atoms with Crippen LogP contribution in [0.1, 0.15) is 0 Å². The van der Waals surface area contributed by atoms with Crippen LogP contribution in [0.15, 0.2) is 78.0 Å². The molecule has 30 heavy (non-hydrogen) atoms. The van der Waals surface area contributed by atoms with Crippen molar-refractivity contribution in [2.75, 3.05) is 4.72 Å². The van der Waals surface area contributed by atoms with Crippen LogP contribution >= 0.6 is 0 Å². The van der Waals surface area contributed by atoms with Crippen LogP contribution in [0.5, 0.6) is 11.5 Å². The maximum absolute atomic E-state index is 15.4. The minimum absolute atomic E-state index is 0.154. The van der Waals surface area contributed by atoms with Gasteiger partial charge in [-0.25, -0.2) is 22.2 Å². The lowest BCUT2D eigenvalue weighted by atomic mass is 10.1. The van der Waals surface area contributed by atoms with E-state index in [9.17, 15) is 12.8 Å². The number of nitrogens with zero attached hydrogens (tertiary/aromatic N) is 2. The van der Waals surface area contributed by atoms with Crippen LogP contribution in [-0.2, 0) is 10.0 Å². The smallest absolute Gasteiger partial charge is 0.266 e. The molecule has 0 unspecified atom stereocenters. The third-order valence-electron chi connectivity index (χ3n) is 4.07. The van der Waals surface area contributed by atoms with Crippen molar-refractivity contribution in [3.63, 3.8) is 0 Å². The van der Waals surface area contributed by atoms with E-state index in [-0.39, 0.29) is 17.1 Å². The summed E-state index contributed by atoms with van der Waals surface area (Å²) in [5.41, 5.74) is 0.727. The first-order chi connectivity index (χ1) is 14.4. The third-order valence-corrected chi connectivity index (χ3v) is 5.44. The Bertz CT molecular complexity index is 1260. The van der Waals surface area contributed by atoms with E-state index < -0.39 is 26.6 Å². The van der Waals surface area contributed by atoms with Gasteiger partial charge in [0.1, 0.15) is 22.3 Å². The van der Waals surface area contributed by atoms with Gasteiger partial charge in [-0.15, -0.1) is 0 Å². The van der Waals surface area contributed by atoms with Crippen molar-refractivity contribution in [1.29, 1.82) is 0 Å². The number of benzene rings is 2. The molecular formula is C20H14F2N4O3S. The molecule has 0 amide bonds. The van der Waals surface area contributed by atoms with Gasteiger partial charge in [0.05, 0.1) is 11.9 Å². The van der Waals surface area contributed by atoms with E-state index in [4.69, 9.17) is 4.74 Å². The second-order valence-electron chi connectivity index (χ2n) is 6.11. The summed E-state index contributed by atoms with van der Waals surface area (Å²) < 4.78 is 61.7. The Kier molecular flexibility index (Phi) is 5.15. The van der Waals surface area contributed by atoms with Crippen LogP contribution in [0.4, 0.5) is 14.6 Å². The quantitative estimate of drug-likeness (QED) is 0.476. The normalized spacial score (nSPS) is 11.3. The Hall–Kier alpha value is -3.79. The topological polar surface area (TPSA) is 97.0 Å². The lowest BCUT2D eigenvalue weighted by molar-refractivity contribution is 0.434. The van der Waals surface area contributed by atoms with E-state index >= 15 is 4.39 Å². The number of rotatable bonds is 6. The molecule has 0 fully saturated rings. The maximum Gasteiger partial charge on any atom is 0.266 e. The number of sulfonamides is 1. The largest absolute Gasteiger partial charge is 0.454 e. The molecule has 10 heteroatoms. The molecule has 0 atom stereocenters. The molecule has 0 saturated heterocycles. The van der Waals surface area contributed by atoms with E-state index in [1.807, 2.05) is 0 Å². The van der Waals surface area contributed by atoms with Crippen LogP contribution in [0, 0.1) is 11.6 Å². The molecule has 2 heterocycles. The van der Waals surface area contributed by atoms with Gasteiger partial charge < -0.3 is 4.74 Å². The van der Waals surface area contributed by atoms with E-state index in [0.29, 0.717) is 11.4 Å². The highest BCUT2D eigenvalue weighted by molar-refractivity contribution is 7.92. The van der Waals surface area contributed by atoms with Gasteiger partial charge in [-0.2, -0.15) is 5.10 Å². The summed E-state index contributed by atoms with van der Waals surface area (Å²) >= 11 is 0. The lowest BCUT2D eigenvalue weighted by Gasteiger charge is -2.15. The molecule has 4 rings (SSSR count). The molecular weight excluding hydrogens is 414 g/mol. The van der Waals surface area contributed by atoms with Crippen molar-refractivity contribution in [3.8, 4) is 22.8 Å². The number of anilines is 1. The average molecular weight is 428 g/mol. The first-order valence-corrected chi connectivity index (χ1v) is 10.1. The fourth-order valence-corrected chi connectivity index (χ4v) is 3.78. The summed E-state index contributed by atoms with van der Waals surface area (Å²) in [6.45, 7) is 0. The fourth-order valence-electron chi connectivity index (χ4n) is 2.70. The SMILES string of the molecule is O=S(=O)(Nc1ccc(F)cn1)c1ccc(-c2ccn[nH]2)c(Oc2ccccc2)c1F. The van der Waals surface area contributed by atoms with Gasteiger partial charge >= 0.3 is 0 Å². The van der Waals surface area contributed by atoms with Gasteiger partial charge in [0.15, 0.2) is 11.6 Å². The Morgan fingerprint density at radius 3 is 2.43 bits per heavy atom. The molecule has 0 aliphatic rings. The highest BCUT2D eigenvalue weighted by Gasteiger charge is 2.26. The Morgan fingerprint density at radius 1 is 0.967 bits per heavy atom. The summed E-state index contributed by atoms with van der Waals surface area (Å²) in [4.78, 5) is 2.98. The van der Waals surface area contributed by atoms with Crippen LogP contribution in [0.3, 0.4) is 0 Å². The van der Waals surface area contributed by atoms with Crippen molar-refractivity contribution >= 4 is 15.8 Å². The molecule has 0 bridgehead atoms. The van der Waals surface area contributed by atoms with Crippen molar-refractivity contribution in [3.05, 3.63) is 84.7 Å². The van der Waals surface area contributed by atoms with Gasteiger partial charge in [0.25, 0.3) is 10.0 Å². The molecule has 7 nitrogen and oxygen atoms in total. The molecule has 2 aromatic heterocycles. The molecule has 0 aliphatic carbocycles. The predicted octanol–water partition coefficient (Wildman–Crippen LogP) is 4.34. The minimum atomic E-state index is -4.37. The summed E-state index contributed by atoms with van der Waals surface area (Å²) in [6.07, 6.45) is 2.32. The molecule has 0 saturated carbocycles. The average Bonchev–Trinajstić information content (AvgIpc) is 3.26. The van der Waals surface area contributed by atoms with Gasteiger partial charge in [-0.3, -0.25) is 9.82 Å². The van der Waals surface area contributed by atoms with Crippen molar-refractivity contribution in [2.45, 2.75) is 4.90 Å². The van der Waals surface area contributed by atoms with Crippen molar-refractivity contribution in [2.24, 2.45) is 0 Å². The zero-order valence-corrected chi connectivity index (χ0v) is 16.0. The highest BCUT2D eigenvalue weighted by atomic mass is 32.2. The second-order valence-corrected chi connectivity index (χ2v) is 7.76. The number of nitrogens with one attached hydrogen (secondary N) is 2. The number of para-hydroxylation sites is 1. The predicted molar refractivity (Wildman–Crippen MR) is 106 cm³/mol. The van der Waals surface area contributed by atoms with Crippen molar-refractivity contribution in [1.82, 2.24) is 15.2 Å². The Morgan fingerprint density at radius 2 is 1.77 bits per heavy atom. The van der Waals surface area contributed by atoms with Crippen LogP contribution < -0.4 is 9.46 Å². The lowest BCUT2D eigenvalue weighted by Crippen LogP contribution is -2.16. The summed E-state index contributed by atoms with van der Waals surface area (Å²) in [6, 6.07) is 14.7. The Balaban J connectivity index is 1.79. The Labute approximate surface area is 170 Å². The fraction of sp³-hybridized carbons (Fsp3) is 0. The molecule has 4 aromatic rings. The van der Waals surface area contributed by atoms with Gasteiger partial charge in [-0.1, -0.05) is 18.2 Å². The third kappa shape index (κ3) is 3.98. The number of aromatic nitrogens is 3. The number of hydrogen-bond acceptors (Lipinski definition) is 5. The summed E-state index contributed by atoms with van der Waals surface area (Å²) in [5.74, 6) is -1.86. The number of hydrogen-bond donors (Lipinski definition) is 2. The molecule has 2 N–H and O–H groups in total. The molecule has 2 aromatic carbocycles. The summed E-state index contributed by atoms with van der Waals surface area (Å²) in [7, 11) is -4.37. The zero-order valence-electron chi connectivity index (χ0n) is 15.2. The van der Waals surface area contributed by atoms with E-state index in [1.165, 1.54) is 12.3 Å². The van der Waals surface area contributed by atoms with Crippen LogP contribution in [-0.4, -0.2) is 23.6 Å². The number of pyridine rings is 1. The second kappa shape index (κ2) is 7.91. The van der Waals surface area contributed by atoms with Gasteiger partial charge in [-0.05, 0) is 42.5 Å². The monoisotopic (exact) mass is 428 g/mol. The van der Waals surface area contributed by atoms with Crippen LogP contribution in [0.2, 0.25) is 0 Å². The molecule has 0 aliphatic heterocycles. The molecule has 0 radical (unpaired) electrons. The number of halogens is 2.